The maximum Gasteiger partial charge on any atom is 0.115 e. The normalized spacial score (nSPS) is 11.4. The lowest BCUT2D eigenvalue weighted by molar-refractivity contribution is 0.246. The Balaban J connectivity index is 1.86. The van der Waals surface area contributed by atoms with Gasteiger partial charge in [0.1, 0.15) is 5.75 Å². The van der Waals surface area contributed by atoms with Gasteiger partial charge in [0.25, 0.3) is 0 Å². The molecule has 2 rings (SSSR count). The van der Waals surface area contributed by atoms with Gasteiger partial charge in [-0.05, 0) is 68.7 Å². The summed E-state index contributed by atoms with van der Waals surface area (Å²) in [7, 11) is 0. The Bertz CT molecular complexity index is 593. The van der Waals surface area contributed by atoms with Crippen LogP contribution in [0.5, 0.6) is 5.75 Å². The summed E-state index contributed by atoms with van der Waals surface area (Å²) in [5, 5.41) is 9.50. The van der Waals surface area contributed by atoms with Crippen LogP contribution in [0.15, 0.2) is 54.6 Å². The summed E-state index contributed by atoms with van der Waals surface area (Å²) in [6.07, 6.45) is 3.55. The van der Waals surface area contributed by atoms with Gasteiger partial charge in [0, 0.05) is 13.1 Å². The Labute approximate surface area is 159 Å². The van der Waals surface area contributed by atoms with Gasteiger partial charge in [0.15, 0.2) is 0 Å². The molecule has 26 heavy (non-hydrogen) atoms. The number of unbranched alkanes of at least 4 members (excludes halogenated alkanes) is 1. The van der Waals surface area contributed by atoms with Crippen molar-refractivity contribution in [2.24, 2.45) is 0 Å². The fourth-order valence-corrected chi connectivity index (χ4v) is 3.27. The molecule has 0 radical (unpaired) electrons. The lowest BCUT2D eigenvalue weighted by Gasteiger charge is -2.24. The predicted octanol–water partition coefficient (Wildman–Crippen LogP) is 4.56. The van der Waals surface area contributed by atoms with Gasteiger partial charge in [-0.15, -0.1) is 0 Å². The van der Waals surface area contributed by atoms with Crippen molar-refractivity contribution < 1.29 is 5.11 Å². The van der Waals surface area contributed by atoms with E-state index in [2.05, 4.69) is 54.0 Å². The molecule has 0 saturated heterocycles. The zero-order valence-electron chi connectivity index (χ0n) is 16.4. The molecule has 0 aliphatic rings. The van der Waals surface area contributed by atoms with Crippen molar-refractivity contribution in [3.8, 4) is 5.75 Å². The quantitative estimate of drug-likeness (QED) is 0.566. The number of rotatable bonds is 12. The van der Waals surface area contributed by atoms with Crippen LogP contribution >= 0.6 is 0 Å². The van der Waals surface area contributed by atoms with Crippen LogP contribution in [-0.4, -0.2) is 47.6 Å². The average molecular weight is 355 g/mol. The Morgan fingerprint density at radius 3 is 1.92 bits per heavy atom. The number of aromatic hydroxyl groups is 1. The number of hydrogen-bond donors (Lipinski definition) is 1. The average Bonchev–Trinajstić information content (AvgIpc) is 2.68. The molecule has 0 aliphatic carbocycles. The van der Waals surface area contributed by atoms with E-state index >= 15 is 0 Å². The first-order chi connectivity index (χ1) is 12.7. The van der Waals surface area contributed by atoms with Crippen molar-refractivity contribution >= 4 is 0 Å². The molecule has 2 aromatic rings. The van der Waals surface area contributed by atoms with Crippen LogP contribution in [0.3, 0.4) is 0 Å². The van der Waals surface area contributed by atoms with Gasteiger partial charge in [-0.3, -0.25) is 4.90 Å². The molecule has 0 aromatic heterocycles. The molecule has 0 heterocycles. The van der Waals surface area contributed by atoms with E-state index in [1.807, 2.05) is 12.1 Å². The van der Waals surface area contributed by atoms with Crippen molar-refractivity contribution in [2.45, 2.75) is 39.7 Å². The summed E-state index contributed by atoms with van der Waals surface area (Å²) in [6, 6.07) is 18.3. The fraction of sp³-hybridized carbons (Fsp3) is 0.478. The lowest BCUT2D eigenvalue weighted by atomic mass is 10.1. The molecule has 0 atom stereocenters. The third-order valence-corrected chi connectivity index (χ3v) is 5.00. The van der Waals surface area contributed by atoms with Crippen LogP contribution < -0.4 is 0 Å². The predicted molar refractivity (Wildman–Crippen MR) is 111 cm³/mol. The number of hydrogen-bond acceptors (Lipinski definition) is 3. The first-order valence-electron chi connectivity index (χ1n) is 9.97. The summed E-state index contributed by atoms with van der Waals surface area (Å²) in [5.41, 5.74) is 2.66. The van der Waals surface area contributed by atoms with Crippen LogP contribution in [0.2, 0.25) is 0 Å². The van der Waals surface area contributed by atoms with Crippen molar-refractivity contribution in [1.29, 1.82) is 0 Å². The molecule has 1 N–H and O–H groups in total. The third-order valence-electron chi connectivity index (χ3n) is 5.00. The molecule has 3 heteroatoms. The van der Waals surface area contributed by atoms with E-state index in [4.69, 9.17) is 0 Å². The molecule has 0 unspecified atom stereocenters. The number of benzene rings is 2. The second-order valence-electron chi connectivity index (χ2n) is 6.91. The topological polar surface area (TPSA) is 26.7 Å². The molecule has 0 aliphatic heterocycles. The van der Waals surface area contributed by atoms with E-state index in [-0.39, 0.29) is 0 Å². The van der Waals surface area contributed by atoms with Crippen LogP contribution in [0, 0.1) is 0 Å². The maximum atomic E-state index is 9.50. The minimum absolute atomic E-state index is 0.337. The Kier molecular flexibility index (Phi) is 9.22. The molecule has 0 saturated carbocycles. The Morgan fingerprint density at radius 1 is 0.692 bits per heavy atom. The van der Waals surface area contributed by atoms with Crippen molar-refractivity contribution in [2.75, 3.05) is 32.7 Å². The van der Waals surface area contributed by atoms with Crippen LogP contribution in [-0.2, 0) is 13.0 Å². The highest BCUT2D eigenvalue weighted by molar-refractivity contribution is 5.25. The molecular weight excluding hydrogens is 320 g/mol. The number of phenolic OH excluding ortho intramolecular Hbond substituents is 1. The molecule has 0 amide bonds. The first kappa shape index (κ1) is 20.5. The Hall–Kier alpha value is -1.84. The van der Waals surface area contributed by atoms with E-state index in [0.29, 0.717) is 5.75 Å². The lowest BCUT2D eigenvalue weighted by Crippen LogP contribution is -2.28. The van der Waals surface area contributed by atoms with Gasteiger partial charge in [0.05, 0.1) is 0 Å². The van der Waals surface area contributed by atoms with Crippen LogP contribution in [0.25, 0.3) is 0 Å². The van der Waals surface area contributed by atoms with Crippen LogP contribution in [0.4, 0.5) is 0 Å². The monoisotopic (exact) mass is 354 g/mol. The second-order valence-corrected chi connectivity index (χ2v) is 6.91. The highest BCUT2D eigenvalue weighted by atomic mass is 16.3. The van der Waals surface area contributed by atoms with Crippen molar-refractivity contribution in [3.63, 3.8) is 0 Å². The highest BCUT2D eigenvalue weighted by Gasteiger charge is 2.08. The molecular formula is C23H34N2O. The Morgan fingerprint density at radius 2 is 1.31 bits per heavy atom. The molecule has 3 nitrogen and oxygen atoms in total. The van der Waals surface area contributed by atoms with Gasteiger partial charge in [-0.25, -0.2) is 0 Å². The van der Waals surface area contributed by atoms with Gasteiger partial charge in [-0.2, -0.15) is 0 Å². The highest BCUT2D eigenvalue weighted by Crippen LogP contribution is 2.13. The summed E-state index contributed by atoms with van der Waals surface area (Å²) in [5.74, 6) is 0.337. The zero-order chi connectivity index (χ0) is 18.6. The summed E-state index contributed by atoms with van der Waals surface area (Å²) in [6.45, 7) is 11.1. The van der Waals surface area contributed by atoms with E-state index in [1.165, 1.54) is 30.5 Å². The summed E-state index contributed by atoms with van der Waals surface area (Å²) in [4.78, 5) is 5.04. The maximum absolute atomic E-state index is 9.50. The minimum atomic E-state index is 0.337. The SMILES string of the molecule is CCN(CC)CCCCN(CCc1ccccc1)Cc1ccc(O)cc1. The van der Waals surface area contributed by atoms with Gasteiger partial charge >= 0.3 is 0 Å². The second kappa shape index (κ2) is 11.7. The van der Waals surface area contributed by atoms with Crippen molar-refractivity contribution in [1.82, 2.24) is 9.80 Å². The van der Waals surface area contributed by atoms with E-state index < -0.39 is 0 Å². The van der Waals surface area contributed by atoms with Gasteiger partial charge < -0.3 is 10.0 Å². The van der Waals surface area contributed by atoms with Crippen molar-refractivity contribution in [3.05, 3.63) is 65.7 Å². The largest absolute Gasteiger partial charge is 0.508 e. The first-order valence-corrected chi connectivity index (χ1v) is 9.97. The summed E-state index contributed by atoms with van der Waals surface area (Å²) >= 11 is 0. The molecule has 142 valence electrons. The molecule has 2 aromatic carbocycles. The van der Waals surface area contributed by atoms with Gasteiger partial charge in [0.2, 0.25) is 0 Å². The smallest absolute Gasteiger partial charge is 0.115 e. The molecule has 0 spiro atoms. The van der Waals surface area contributed by atoms with E-state index in [1.54, 1.807) is 12.1 Å². The number of nitrogens with zero attached hydrogens (tertiary/aromatic N) is 2. The number of phenols is 1. The van der Waals surface area contributed by atoms with E-state index in [9.17, 15) is 5.11 Å². The molecule has 0 bridgehead atoms. The fourth-order valence-electron chi connectivity index (χ4n) is 3.27. The molecule has 0 fully saturated rings. The zero-order valence-corrected chi connectivity index (χ0v) is 16.4. The van der Waals surface area contributed by atoms with E-state index in [0.717, 1.165) is 39.1 Å². The summed E-state index contributed by atoms with van der Waals surface area (Å²) < 4.78 is 0. The van der Waals surface area contributed by atoms with Gasteiger partial charge in [-0.1, -0.05) is 56.3 Å². The third kappa shape index (κ3) is 7.59. The van der Waals surface area contributed by atoms with Crippen LogP contribution in [0.1, 0.15) is 37.8 Å². The minimum Gasteiger partial charge on any atom is -0.508 e. The standard InChI is InChI=1S/C23H34N2O/c1-3-24(4-2)17-8-9-18-25(19-16-21-10-6-5-7-11-21)20-22-12-14-23(26)15-13-22/h5-7,10-15,26H,3-4,8-9,16-20H2,1-2H3.